The van der Waals surface area contributed by atoms with Crippen LogP contribution in [0.15, 0.2) is 42.5 Å². The predicted molar refractivity (Wildman–Crippen MR) is 96.4 cm³/mol. The van der Waals surface area contributed by atoms with Crippen molar-refractivity contribution >= 4 is 34.2 Å². The third-order valence-electron chi connectivity index (χ3n) is 4.28. The maximum Gasteiger partial charge on any atom is 0.0720 e. The summed E-state index contributed by atoms with van der Waals surface area (Å²) in [6.07, 6.45) is 4.01. The lowest BCUT2D eigenvalue weighted by molar-refractivity contribution is 0.419. The molecule has 0 spiro atoms. The van der Waals surface area contributed by atoms with Gasteiger partial charge in [-0.15, -0.1) is 0 Å². The molecule has 1 atom stereocenters. The van der Waals surface area contributed by atoms with Crippen LogP contribution in [-0.2, 0) is 0 Å². The first kappa shape index (κ1) is 15.3. The zero-order valence-electron chi connectivity index (χ0n) is 11.7. The van der Waals surface area contributed by atoms with Crippen LogP contribution in [0.25, 0.3) is 0 Å². The van der Waals surface area contributed by atoms with E-state index >= 15 is 0 Å². The summed E-state index contributed by atoms with van der Waals surface area (Å²) < 4.78 is 1.16. The average molecular weight is 413 g/mol. The molecule has 0 radical (unpaired) electrons. The van der Waals surface area contributed by atoms with Crippen LogP contribution < -0.4 is 11.3 Å². The average Bonchev–Trinajstić information content (AvgIpc) is 2.43. The van der Waals surface area contributed by atoms with Crippen molar-refractivity contribution in [3.63, 3.8) is 0 Å². The van der Waals surface area contributed by atoms with Gasteiger partial charge in [0, 0.05) is 8.59 Å². The summed E-state index contributed by atoms with van der Waals surface area (Å²) in [7, 11) is 0. The molecule has 0 bridgehead atoms. The SMILES string of the molecule is NNC(c1ccc(C2CCC2)cc1)c1cc(Cl)ccc1I. The maximum absolute atomic E-state index is 6.13. The van der Waals surface area contributed by atoms with Gasteiger partial charge in [-0.2, -0.15) is 0 Å². The van der Waals surface area contributed by atoms with Crippen LogP contribution in [0.3, 0.4) is 0 Å². The Morgan fingerprint density at radius 1 is 1.14 bits per heavy atom. The van der Waals surface area contributed by atoms with E-state index in [1.165, 1.54) is 30.4 Å². The van der Waals surface area contributed by atoms with Crippen LogP contribution in [0.1, 0.15) is 47.9 Å². The van der Waals surface area contributed by atoms with Gasteiger partial charge in [-0.05, 0) is 76.2 Å². The normalized spacial score (nSPS) is 16.5. The Kier molecular flexibility index (Phi) is 4.84. The standard InChI is InChI=1S/C17H18ClIN2/c18-14-8-9-16(19)15(10-14)17(21-20)13-6-4-12(5-7-13)11-2-1-3-11/h4-11,17,21H,1-3,20H2. The molecule has 1 fully saturated rings. The second-order valence-electron chi connectivity index (χ2n) is 5.56. The third kappa shape index (κ3) is 3.26. The molecule has 1 saturated carbocycles. The first-order valence-corrected chi connectivity index (χ1v) is 8.65. The van der Waals surface area contributed by atoms with E-state index in [1.807, 2.05) is 18.2 Å². The van der Waals surface area contributed by atoms with Crippen LogP contribution in [-0.4, -0.2) is 0 Å². The van der Waals surface area contributed by atoms with Gasteiger partial charge in [-0.1, -0.05) is 42.3 Å². The van der Waals surface area contributed by atoms with E-state index in [0.717, 1.165) is 20.1 Å². The fourth-order valence-electron chi connectivity index (χ4n) is 2.80. The number of nitrogens with one attached hydrogen (secondary N) is 1. The quantitative estimate of drug-likeness (QED) is 0.431. The summed E-state index contributed by atoms with van der Waals surface area (Å²) in [5.74, 6) is 6.55. The molecule has 1 aliphatic carbocycles. The first-order chi connectivity index (χ1) is 10.2. The molecule has 0 amide bonds. The Balaban J connectivity index is 1.90. The Bertz CT molecular complexity index is 623. The number of rotatable bonds is 4. The summed E-state index contributed by atoms with van der Waals surface area (Å²) in [5.41, 5.74) is 6.64. The van der Waals surface area contributed by atoms with Crippen LogP contribution in [0.2, 0.25) is 5.02 Å². The van der Waals surface area contributed by atoms with E-state index in [0.29, 0.717) is 0 Å². The molecule has 2 aromatic rings. The fourth-order valence-corrected chi connectivity index (χ4v) is 3.63. The van der Waals surface area contributed by atoms with Crippen molar-refractivity contribution in [3.8, 4) is 0 Å². The van der Waals surface area contributed by atoms with E-state index in [-0.39, 0.29) is 6.04 Å². The molecule has 0 heterocycles. The highest BCUT2D eigenvalue weighted by Gasteiger charge is 2.20. The van der Waals surface area contributed by atoms with Crippen molar-refractivity contribution in [2.24, 2.45) is 5.84 Å². The van der Waals surface area contributed by atoms with E-state index in [4.69, 9.17) is 17.4 Å². The number of hydrazine groups is 1. The predicted octanol–water partition coefficient (Wildman–Crippen LogP) is 4.76. The first-order valence-electron chi connectivity index (χ1n) is 7.20. The minimum atomic E-state index is -0.0361. The number of hydrogen-bond acceptors (Lipinski definition) is 2. The zero-order chi connectivity index (χ0) is 14.8. The van der Waals surface area contributed by atoms with Crippen molar-refractivity contribution in [3.05, 3.63) is 67.7 Å². The summed E-state index contributed by atoms with van der Waals surface area (Å²) in [6, 6.07) is 14.7. The zero-order valence-corrected chi connectivity index (χ0v) is 14.6. The maximum atomic E-state index is 6.13. The lowest BCUT2D eigenvalue weighted by atomic mass is 9.79. The van der Waals surface area contributed by atoms with Gasteiger partial charge < -0.3 is 0 Å². The summed E-state index contributed by atoms with van der Waals surface area (Å²) in [5, 5.41) is 0.733. The molecule has 2 aromatic carbocycles. The van der Waals surface area contributed by atoms with Gasteiger partial charge >= 0.3 is 0 Å². The Morgan fingerprint density at radius 2 is 1.86 bits per heavy atom. The van der Waals surface area contributed by atoms with Gasteiger partial charge in [-0.3, -0.25) is 5.84 Å². The van der Waals surface area contributed by atoms with E-state index in [9.17, 15) is 0 Å². The monoisotopic (exact) mass is 412 g/mol. The van der Waals surface area contributed by atoms with Gasteiger partial charge in [0.1, 0.15) is 0 Å². The second-order valence-corrected chi connectivity index (χ2v) is 7.16. The second kappa shape index (κ2) is 6.65. The van der Waals surface area contributed by atoms with E-state index in [2.05, 4.69) is 52.3 Å². The summed E-state index contributed by atoms with van der Waals surface area (Å²) >= 11 is 8.45. The highest BCUT2D eigenvalue weighted by Crippen LogP contribution is 2.37. The molecule has 0 aromatic heterocycles. The van der Waals surface area contributed by atoms with Gasteiger partial charge in [-0.25, -0.2) is 5.43 Å². The number of nitrogens with two attached hydrogens (primary N) is 1. The molecule has 0 saturated heterocycles. The number of hydrogen-bond donors (Lipinski definition) is 2. The van der Waals surface area contributed by atoms with Crippen molar-refractivity contribution < 1.29 is 0 Å². The fraction of sp³-hybridized carbons (Fsp3) is 0.294. The lowest BCUT2D eigenvalue weighted by Gasteiger charge is -2.26. The van der Waals surface area contributed by atoms with Crippen molar-refractivity contribution in [2.45, 2.75) is 31.2 Å². The van der Waals surface area contributed by atoms with E-state index < -0.39 is 0 Å². The molecule has 4 heteroatoms. The smallest absolute Gasteiger partial charge is 0.0720 e. The van der Waals surface area contributed by atoms with Gasteiger partial charge in [0.2, 0.25) is 0 Å². The minimum absolute atomic E-state index is 0.0361. The largest absolute Gasteiger partial charge is 0.271 e. The molecular weight excluding hydrogens is 395 g/mol. The third-order valence-corrected chi connectivity index (χ3v) is 5.50. The Labute approximate surface area is 144 Å². The molecule has 2 nitrogen and oxygen atoms in total. The number of halogens is 2. The van der Waals surface area contributed by atoms with Crippen LogP contribution in [0.5, 0.6) is 0 Å². The van der Waals surface area contributed by atoms with Crippen LogP contribution >= 0.6 is 34.2 Å². The molecule has 0 aliphatic heterocycles. The summed E-state index contributed by atoms with van der Waals surface area (Å²) in [4.78, 5) is 0. The molecule has 3 rings (SSSR count). The highest BCUT2D eigenvalue weighted by atomic mass is 127. The molecule has 3 N–H and O–H groups in total. The minimum Gasteiger partial charge on any atom is -0.271 e. The molecule has 1 unspecified atom stereocenters. The van der Waals surface area contributed by atoms with Gasteiger partial charge in [0.05, 0.1) is 6.04 Å². The Morgan fingerprint density at radius 3 is 2.43 bits per heavy atom. The molecule has 21 heavy (non-hydrogen) atoms. The highest BCUT2D eigenvalue weighted by molar-refractivity contribution is 14.1. The van der Waals surface area contributed by atoms with Crippen molar-refractivity contribution in [1.29, 1.82) is 0 Å². The van der Waals surface area contributed by atoms with Crippen LogP contribution in [0, 0.1) is 3.57 Å². The van der Waals surface area contributed by atoms with E-state index in [1.54, 1.807) is 0 Å². The van der Waals surface area contributed by atoms with Crippen molar-refractivity contribution in [1.82, 2.24) is 5.43 Å². The van der Waals surface area contributed by atoms with Gasteiger partial charge in [0.25, 0.3) is 0 Å². The molecular formula is C17H18ClIN2. The number of benzene rings is 2. The van der Waals surface area contributed by atoms with Crippen LogP contribution in [0.4, 0.5) is 0 Å². The molecule has 1 aliphatic rings. The molecule has 110 valence electrons. The summed E-state index contributed by atoms with van der Waals surface area (Å²) in [6.45, 7) is 0. The Hall–Kier alpha value is -0.620. The van der Waals surface area contributed by atoms with Gasteiger partial charge in [0.15, 0.2) is 0 Å². The van der Waals surface area contributed by atoms with Crippen molar-refractivity contribution in [2.75, 3.05) is 0 Å². The topological polar surface area (TPSA) is 38.0 Å². The lowest BCUT2D eigenvalue weighted by Crippen LogP contribution is -2.29.